The number of hydrogen-bond donors (Lipinski definition) is 1. The van der Waals surface area contributed by atoms with E-state index < -0.39 is 11.7 Å². The van der Waals surface area contributed by atoms with E-state index >= 15 is 0 Å². The Morgan fingerprint density at radius 1 is 1.52 bits per heavy atom. The van der Waals surface area contributed by atoms with Gasteiger partial charge in [0.05, 0.1) is 24.3 Å². The highest BCUT2D eigenvalue weighted by atomic mass is 19.1. The van der Waals surface area contributed by atoms with Gasteiger partial charge in [0.25, 0.3) is 0 Å². The minimum Gasteiger partial charge on any atom is -0.444 e. The number of carbonyl (C=O) groups excluding carboxylic acids is 1. The summed E-state index contributed by atoms with van der Waals surface area (Å²) in [5, 5.41) is 11.6. The summed E-state index contributed by atoms with van der Waals surface area (Å²) in [6.45, 7) is 7.85. The van der Waals surface area contributed by atoms with Crippen molar-refractivity contribution in [2.24, 2.45) is 0 Å². The Morgan fingerprint density at radius 3 is 2.96 bits per heavy atom. The second-order valence-corrected chi connectivity index (χ2v) is 7.03. The summed E-state index contributed by atoms with van der Waals surface area (Å²) in [5.74, 6) is -0.325. The van der Waals surface area contributed by atoms with Gasteiger partial charge in [-0.05, 0) is 39.0 Å². The molecule has 7 heteroatoms. The Labute approximate surface area is 147 Å². The maximum atomic E-state index is 13.9. The van der Waals surface area contributed by atoms with Crippen LogP contribution in [0.4, 0.5) is 9.18 Å². The smallest absolute Gasteiger partial charge is 0.407 e. The van der Waals surface area contributed by atoms with Gasteiger partial charge in [-0.15, -0.1) is 0 Å². The lowest BCUT2D eigenvalue weighted by Gasteiger charge is -2.33. The summed E-state index contributed by atoms with van der Waals surface area (Å²) < 4.78 is 24.8. The van der Waals surface area contributed by atoms with Crippen LogP contribution in [-0.4, -0.2) is 48.9 Å². The third kappa shape index (κ3) is 6.33. The van der Waals surface area contributed by atoms with Crippen LogP contribution in [-0.2, 0) is 16.0 Å². The first-order chi connectivity index (χ1) is 11.8. The van der Waals surface area contributed by atoms with Crippen molar-refractivity contribution >= 4 is 6.09 Å². The summed E-state index contributed by atoms with van der Waals surface area (Å²) in [6, 6.07) is 6.37. The monoisotopic (exact) mass is 349 g/mol. The van der Waals surface area contributed by atoms with Gasteiger partial charge < -0.3 is 14.8 Å². The number of nitrogens with one attached hydrogen (secondary N) is 1. The molecule has 6 nitrogen and oxygen atoms in total. The van der Waals surface area contributed by atoms with Crippen LogP contribution in [0.15, 0.2) is 18.2 Å². The third-order valence-electron chi connectivity index (χ3n) is 3.66. The van der Waals surface area contributed by atoms with Crippen LogP contribution < -0.4 is 5.32 Å². The molecule has 0 aromatic heterocycles. The van der Waals surface area contributed by atoms with Gasteiger partial charge in [0.1, 0.15) is 11.4 Å². The van der Waals surface area contributed by atoms with Gasteiger partial charge in [-0.3, -0.25) is 4.90 Å². The van der Waals surface area contributed by atoms with Crippen molar-refractivity contribution in [3.63, 3.8) is 0 Å². The van der Waals surface area contributed by atoms with Crippen LogP contribution in [0.3, 0.4) is 0 Å². The molecule has 1 heterocycles. The minimum atomic E-state index is -0.549. The first-order valence-electron chi connectivity index (χ1n) is 8.26. The van der Waals surface area contributed by atoms with Crippen molar-refractivity contribution < 1.29 is 18.7 Å². The highest BCUT2D eigenvalue weighted by Crippen LogP contribution is 2.15. The Balaban J connectivity index is 1.87. The average molecular weight is 349 g/mol. The Bertz CT molecular complexity index is 652. The van der Waals surface area contributed by atoms with Crippen molar-refractivity contribution in [2.75, 3.05) is 26.2 Å². The van der Waals surface area contributed by atoms with Gasteiger partial charge in [-0.1, -0.05) is 0 Å². The lowest BCUT2D eigenvalue weighted by Crippen LogP contribution is -2.47. The molecule has 0 bridgehead atoms. The predicted molar refractivity (Wildman–Crippen MR) is 90.4 cm³/mol. The minimum absolute atomic E-state index is 0.191. The molecule has 0 saturated carbocycles. The molecule has 1 aliphatic heterocycles. The molecule has 1 saturated heterocycles. The maximum absolute atomic E-state index is 13.9. The van der Waals surface area contributed by atoms with Crippen molar-refractivity contribution in [2.45, 2.75) is 39.0 Å². The topological polar surface area (TPSA) is 74.6 Å². The molecule has 1 atom stereocenters. The number of nitrogens with zero attached hydrogens (tertiary/aromatic N) is 2. The van der Waals surface area contributed by atoms with Gasteiger partial charge in [0, 0.05) is 31.7 Å². The number of hydrogen-bond acceptors (Lipinski definition) is 5. The number of carbonyl (C=O) groups is 1. The normalized spacial score (nSPS) is 18.4. The molecule has 0 radical (unpaired) electrons. The van der Waals surface area contributed by atoms with Gasteiger partial charge >= 0.3 is 6.09 Å². The highest BCUT2D eigenvalue weighted by Gasteiger charge is 2.23. The van der Waals surface area contributed by atoms with E-state index in [1.165, 1.54) is 12.1 Å². The molecule has 1 N–H and O–H groups in total. The highest BCUT2D eigenvalue weighted by molar-refractivity contribution is 5.67. The van der Waals surface area contributed by atoms with E-state index in [1.54, 1.807) is 26.8 Å². The number of nitriles is 1. The quantitative estimate of drug-likeness (QED) is 0.904. The molecule has 1 fully saturated rings. The molecular formula is C18H24FN3O3. The third-order valence-corrected chi connectivity index (χ3v) is 3.66. The zero-order valence-corrected chi connectivity index (χ0v) is 14.8. The summed E-state index contributed by atoms with van der Waals surface area (Å²) >= 11 is 0. The maximum Gasteiger partial charge on any atom is 0.407 e. The number of amides is 1. The first-order valence-corrected chi connectivity index (χ1v) is 8.26. The largest absolute Gasteiger partial charge is 0.444 e. The van der Waals surface area contributed by atoms with Gasteiger partial charge in [0.2, 0.25) is 0 Å². The van der Waals surface area contributed by atoms with Gasteiger partial charge in [-0.2, -0.15) is 5.26 Å². The van der Waals surface area contributed by atoms with Gasteiger partial charge in [-0.25, -0.2) is 9.18 Å². The molecule has 0 unspecified atom stereocenters. The van der Waals surface area contributed by atoms with E-state index in [4.69, 9.17) is 14.7 Å². The molecule has 1 aromatic rings. The summed E-state index contributed by atoms with van der Waals surface area (Å²) in [5.41, 5.74) is 0.375. The number of alkyl carbamates (subject to hydrolysis) is 1. The zero-order chi connectivity index (χ0) is 18.4. The number of halogens is 1. The lowest BCUT2D eigenvalue weighted by molar-refractivity contribution is -0.0315. The molecule has 25 heavy (non-hydrogen) atoms. The van der Waals surface area contributed by atoms with Crippen LogP contribution in [0.5, 0.6) is 0 Å². The first kappa shape index (κ1) is 19.2. The van der Waals surface area contributed by atoms with Crippen molar-refractivity contribution in [1.29, 1.82) is 5.26 Å². The standard InChI is InChI=1S/C18H24FN3O3/c1-18(2,3)25-17(23)21-10-15-12-22(6-7-24-15)11-14-8-13(9-20)4-5-16(14)19/h4-5,8,15H,6-7,10-12H2,1-3H3,(H,21,23)/t15-/m1/s1. The molecule has 0 aliphatic carbocycles. The second kappa shape index (κ2) is 8.28. The summed E-state index contributed by atoms with van der Waals surface area (Å²) in [6.07, 6.45) is -0.676. The molecule has 1 aliphatic rings. The molecule has 136 valence electrons. The summed E-state index contributed by atoms with van der Waals surface area (Å²) in [7, 11) is 0. The lowest BCUT2D eigenvalue weighted by atomic mass is 10.1. The van der Waals surface area contributed by atoms with Crippen molar-refractivity contribution in [3.8, 4) is 6.07 Å². The molecule has 1 amide bonds. The Kier molecular flexibility index (Phi) is 6.34. The Hall–Kier alpha value is -2.17. The fourth-order valence-corrected chi connectivity index (χ4v) is 2.57. The fraction of sp³-hybridized carbons (Fsp3) is 0.556. The Morgan fingerprint density at radius 2 is 2.28 bits per heavy atom. The number of benzene rings is 1. The van der Waals surface area contributed by atoms with Crippen LogP contribution in [0.25, 0.3) is 0 Å². The molecule has 1 aromatic carbocycles. The number of rotatable bonds is 4. The van der Waals surface area contributed by atoms with Crippen molar-refractivity contribution in [3.05, 3.63) is 35.1 Å². The van der Waals surface area contributed by atoms with E-state index in [-0.39, 0.29) is 11.9 Å². The van der Waals surface area contributed by atoms with Crippen LogP contribution in [0.2, 0.25) is 0 Å². The van der Waals surface area contributed by atoms with E-state index in [2.05, 4.69) is 5.32 Å². The molecule has 2 rings (SSSR count). The molecule has 0 spiro atoms. The predicted octanol–water partition coefficient (Wildman–Crippen LogP) is 2.42. The van der Waals surface area contributed by atoms with Gasteiger partial charge in [0.15, 0.2) is 0 Å². The van der Waals surface area contributed by atoms with Crippen LogP contribution in [0, 0.1) is 17.1 Å². The number of ether oxygens (including phenoxy) is 2. The second-order valence-electron chi connectivity index (χ2n) is 7.03. The SMILES string of the molecule is CC(C)(C)OC(=O)NC[C@@H]1CN(Cc2cc(C#N)ccc2F)CCO1. The van der Waals surface area contributed by atoms with Crippen LogP contribution >= 0.6 is 0 Å². The molecular weight excluding hydrogens is 325 g/mol. The van der Waals surface area contributed by atoms with E-state index in [0.29, 0.717) is 43.9 Å². The van der Waals surface area contributed by atoms with E-state index in [0.717, 1.165) is 0 Å². The van der Waals surface area contributed by atoms with E-state index in [9.17, 15) is 9.18 Å². The number of morpholine rings is 1. The summed E-state index contributed by atoms with van der Waals surface area (Å²) in [4.78, 5) is 13.8. The fourth-order valence-electron chi connectivity index (χ4n) is 2.57. The van der Waals surface area contributed by atoms with E-state index in [1.807, 2.05) is 11.0 Å². The average Bonchev–Trinajstić information content (AvgIpc) is 2.54. The van der Waals surface area contributed by atoms with Crippen molar-refractivity contribution in [1.82, 2.24) is 10.2 Å². The zero-order valence-electron chi connectivity index (χ0n) is 14.8. The van der Waals surface area contributed by atoms with Crippen LogP contribution in [0.1, 0.15) is 31.9 Å².